The molecule has 0 spiro atoms. The molecule has 4 rings (SSSR count). The van der Waals surface area contributed by atoms with Crippen molar-refractivity contribution in [2.45, 2.75) is 25.2 Å². The molecule has 6 heteroatoms. The average molecular weight is 416 g/mol. The van der Waals surface area contributed by atoms with Gasteiger partial charge < -0.3 is 4.74 Å². The molecule has 0 saturated heterocycles. The van der Waals surface area contributed by atoms with Gasteiger partial charge in [-0.05, 0) is 47.7 Å². The van der Waals surface area contributed by atoms with E-state index in [2.05, 4.69) is 4.74 Å². The van der Waals surface area contributed by atoms with E-state index < -0.39 is 6.36 Å². The third kappa shape index (κ3) is 4.62. The zero-order valence-corrected chi connectivity index (χ0v) is 16.0. The maximum atomic E-state index is 12.3. The Bertz CT molecular complexity index is 1030. The number of benzene rings is 3. The van der Waals surface area contributed by atoms with Crippen molar-refractivity contribution >= 4 is 17.3 Å². The predicted molar refractivity (Wildman–Crippen MR) is 109 cm³/mol. The third-order valence-electron chi connectivity index (χ3n) is 4.87. The zero-order valence-electron chi connectivity index (χ0n) is 15.3. The summed E-state index contributed by atoms with van der Waals surface area (Å²) >= 11 is 6.28. The van der Waals surface area contributed by atoms with Gasteiger partial charge in [0.05, 0.1) is 6.04 Å². The van der Waals surface area contributed by atoms with Gasteiger partial charge in [0.2, 0.25) is 0 Å². The molecular formula is C23H17ClF3NO. The van der Waals surface area contributed by atoms with Gasteiger partial charge in [-0.1, -0.05) is 66.2 Å². The molecule has 0 amide bonds. The van der Waals surface area contributed by atoms with Crippen LogP contribution in [0, 0.1) is 0 Å². The lowest BCUT2D eigenvalue weighted by Gasteiger charge is -2.10. The quantitative estimate of drug-likeness (QED) is 0.440. The van der Waals surface area contributed by atoms with Crippen molar-refractivity contribution in [3.05, 3.63) is 88.9 Å². The molecule has 2 nitrogen and oxygen atoms in total. The molecule has 29 heavy (non-hydrogen) atoms. The first-order valence-corrected chi connectivity index (χ1v) is 9.54. The molecule has 0 bridgehead atoms. The van der Waals surface area contributed by atoms with Gasteiger partial charge in [0.25, 0.3) is 0 Å². The van der Waals surface area contributed by atoms with Crippen LogP contribution in [-0.2, 0) is 0 Å². The highest BCUT2D eigenvalue weighted by molar-refractivity contribution is 6.34. The molecule has 148 valence electrons. The Labute approximate surface area is 171 Å². The summed E-state index contributed by atoms with van der Waals surface area (Å²) in [6, 6.07) is 21.6. The van der Waals surface area contributed by atoms with E-state index in [4.69, 9.17) is 16.6 Å². The van der Waals surface area contributed by atoms with Crippen LogP contribution < -0.4 is 4.74 Å². The van der Waals surface area contributed by atoms with Crippen molar-refractivity contribution in [1.82, 2.24) is 0 Å². The van der Waals surface area contributed by atoms with Crippen LogP contribution >= 0.6 is 11.6 Å². The number of ether oxygens (including phenoxy) is 1. The molecule has 0 aliphatic carbocycles. The highest BCUT2D eigenvalue weighted by Crippen LogP contribution is 2.34. The molecule has 0 fully saturated rings. The second kappa shape index (κ2) is 7.91. The summed E-state index contributed by atoms with van der Waals surface area (Å²) < 4.78 is 40.7. The lowest BCUT2D eigenvalue weighted by Crippen LogP contribution is -2.16. The number of hydrogen-bond donors (Lipinski definition) is 0. The zero-order chi connectivity index (χ0) is 20.4. The molecule has 3 aromatic carbocycles. The summed E-state index contributed by atoms with van der Waals surface area (Å²) in [5.74, 6) is -0.231. The lowest BCUT2D eigenvalue weighted by atomic mass is 9.99. The number of nitrogens with zero attached hydrogens (tertiary/aromatic N) is 1. The van der Waals surface area contributed by atoms with Crippen molar-refractivity contribution in [2.24, 2.45) is 4.99 Å². The number of hydrogen-bond acceptors (Lipinski definition) is 2. The molecule has 1 unspecified atom stereocenters. The SMILES string of the molecule is FC(F)(F)Oc1ccc(-c2ccc(C3CCC(c4ccccc4Cl)=N3)cc2)cc1. The molecule has 3 aromatic rings. The van der Waals surface area contributed by atoms with Gasteiger partial charge >= 0.3 is 6.36 Å². The van der Waals surface area contributed by atoms with Crippen molar-refractivity contribution in [3.8, 4) is 16.9 Å². The minimum atomic E-state index is -4.69. The maximum Gasteiger partial charge on any atom is 0.573 e. The molecule has 1 heterocycles. The molecular weight excluding hydrogens is 399 g/mol. The molecule has 1 aliphatic rings. The van der Waals surface area contributed by atoms with Crippen LogP contribution in [0.3, 0.4) is 0 Å². The highest BCUT2D eigenvalue weighted by Gasteiger charge is 2.31. The van der Waals surface area contributed by atoms with Crippen LogP contribution in [0.5, 0.6) is 5.75 Å². The van der Waals surface area contributed by atoms with E-state index in [1.54, 1.807) is 12.1 Å². The summed E-state index contributed by atoms with van der Waals surface area (Å²) in [7, 11) is 0. The molecule has 0 radical (unpaired) electrons. The summed E-state index contributed by atoms with van der Waals surface area (Å²) in [6.45, 7) is 0. The largest absolute Gasteiger partial charge is 0.573 e. The first-order chi connectivity index (χ1) is 13.9. The average Bonchev–Trinajstić information content (AvgIpc) is 3.18. The molecule has 0 N–H and O–H groups in total. The minimum Gasteiger partial charge on any atom is -0.406 e. The molecule has 1 aliphatic heterocycles. The van der Waals surface area contributed by atoms with Crippen LogP contribution in [-0.4, -0.2) is 12.1 Å². The second-order valence-corrected chi connectivity index (χ2v) is 7.21. The van der Waals surface area contributed by atoms with Gasteiger partial charge in [0.1, 0.15) is 5.75 Å². The van der Waals surface area contributed by atoms with Crippen LogP contribution in [0.1, 0.15) is 30.0 Å². The van der Waals surface area contributed by atoms with E-state index in [0.717, 1.165) is 40.8 Å². The normalized spacial score (nSPS) is 16.6. The van der Waals surface area contributed by atoms with Crippen LogP contribution in [0.15, 0.2) is 77.8 Å². The number of halogens is 4. The summed E-state index contributed by atoms with van der Waals surface area (Å²) in [6.07, 6.45) is -2.89. The first-order valence-electron chi connectivity index (χ1n) is 9.17. The standard InChI is InChI=1S/C23H17ClF3NO/c24-20-4-2-1-3-19(20)22-14-13-21(28-22)17-7-5-15(6-8-17)16-9-11-18(12-10-16)29-23(25,26)27/h1-12,21H,13-14H2. The summed E-state index contributed by atoms with van der Waals surface area (Å²) in [5.41, 5.74) is 4.84. The second-order valence-electron chi connectivity index (χ2n) is 6.80. The van der Waals surface area contributed by atoms with Gasteiger partial charge in [0, 0.05) is 16.3 Å². The fourth-order valence-electron chi connectivity index (χ4n) is 3.48. The summed E-state index contributed by atoms with van der Waals surface area (Å²) in [4.78, 5) is 4.85. The fourth-order valence-corrected chi connectivity index (χ4v) is 3.72. The molecule has 1 atom stereocenters. The maximum absolute atomic E-state index is 12.3. The van der Waals surface area contributed by atoms with Gasteiger partial charge in [-0.2, -0.15) is 0 Å². The Kier molecular flexibility index (Phi) is 5.33. The Morgan fingerprint density at radius 3 is 2.10 bits per heavy atom. The van der Waals surface area contributed by atoms with Crippen molar-refractivity contribution in [3.63, 3.8) is 0 Å². The van der Waals surface area contributed by atoms with E-state index in [0.29, 0.717) is 5.02 Å². The van der Waals surface area contributed by atoms with E-state index in [1.165, 1.54) is 12.1 Å². The highest BCUT2D eigenvalue weighted by atomic mass is 35.5. The van der Waals surface area contributed by atoms with Crippen molar-refractivity contribution in [1.29, 1.82) is 0 Å². The monoisotopic (exact) mass is 415 g/mol. The lowest BCUT2D eigenvalue weighted by molar-refractivity contribution is -0.274. The van der Waals surface area contributed by atoms with Crippen molar-refractivity contribution < 1.29 is 17.9 Å². The number of alkyl halides is 3. The van der Waals surface area contributed by atoms with E-state index in [9.17, 15) is 13.2 Å². The Morgan fingerprint density at radius 2 is 1.48 bits per heavy atom. The van der Waals surface area contributed by atoms with Crippen LogP contribution in [0.4, 0.5) is 13.2 Å². The Hall–Kier alpha value is -2.79. The van der Waals surface area contributed by atoms with Gasteiger partial charge in [-0.25, -0.2) is 0 Å². The number of rotatable bonds is 4. The molecule has 0 aromatic heterocycles. The Morgan fingerprint density at radius 1 is 0.862 bits per heavy atom. The van der Waals surface area contributed by atoms with E-state index in [1.807, 2.05) is 48.5 Å². The van der Waals surface area contributed by atoms with E-state index in [-0.39, 0.29) is 11.8 Å². The van der Waals surface area contributed by atoms with Gasteiger partial charge in [-0.15, -0.1) is 13.2 Å². The topological polar surface area (TPSA) is 21.6 Å². The predicted octanol–water partition coefficient (Wildman–Crippen LogP) is 7.23. The van der Waals surface area contributed by atoms with E-state index >= 15 is 0 Å². The smallest absolute Gasteiger partial charge is 0.406 e. The van der Waals surface area contributed by atoms with Gasteiger partial charge in [0.15, 0.2) is 0 Å². The first kappa shape index (κ1) is 19.5. The third-order valence-corrected chi connectivity index (χ3v) is 5.20. The van der Waals surface area contributed by atoms with Crippen LogP contribution in [0.25, 0.3) is 11.1 Å². The molecule has 0 saturated carbocycles. The Balaban J connectivity index is 1.49. The van der Waals surface area contributed by atoms with Crippen LogP contribution in [0.2, 0.25) is 5.02 Å². The minimum absolute atomic E-state index is 0.0814. The fraction of sp³-hybridized carbons (Fsp3) is 0.174. The van der Waals surface area contributed by atoms with Gasteiger partial charge in [-0.3, -0.25) is 4.99 Å². The van der Waals surface area contributed by atoms with Crippen molar-refractivity contribution in [2.75, 3.05) is 0 Å². The number of aliphatic imine (C=N–C) groups is 1. The summed E-state index contributed by atoms with van der Waals surface area (Å²) in [5, 5.41) is 0.709.